The summed E-state index contributed by atoms with van der Waals surface area (Å²) < 4.78 is 1.94. The van der Waals surface area contributed by atoms with Crippen LogP contribution in [0.5, 0.6) is 0 Å². The van der Waals surface area contributed by atoms with Crippen LogP contribution in [0.2, 0.25) is 0 Å². The Labute approximate surface area is 187 Å². The molecule has 0 aliphatic carbocycles. The predicted octanol–water partition coefficient (Wildman–Crippen LogP) is 5.27. The first kappa shape index (κ1) is 21.2. The molecule has 0 atom stereocenters. The van der Waals surface area contributed by atoms with Crippen molar-refractivity contribution in [1.82, 2.24) is 20.1 Å². The van der Waals surface area contributed by atoms with Crippen molar-refractivity contribution in [1.29, 1.82) is 0 Å². The number of carbonyl (C=O) groups excluding carboxylic acids is 1. The number of hydrogen-bond donors (Lipinski definition) is 1. The Hall–Kier alpha value is -2.99. The molecule has 1 N–H and O–H groups in total. The quantitative estimate of drug-likeness (QED) is 0.451. The molecule has 1 aromatic carbocycles. The molecule has 6 heteroatoms. The zero-order valence-electron chi connectivity index (χ0n) is 18.7. The van der Waals surface area contributed by atoms with E-state index in [0.29, 0.717) is 19.4 Å². The van der Waals surface area contributed by atoms with Crippen LogP contribution in [0.15, 0.2) is 35.7 Å². The molecule has 3 aromatic heterocycles. The van der Waals surface area contributed by atoms with Gasteiger partial charge in [0.25, 0.3) is 0 Å². The highest BCUT2D eigenvalue weighted by atomic mass is 32.1. The van der Waals surface area contributed by atoms with E-state index < -0.39 is 0 Å². The SMILES string of the molecule is Cc1ccc(-n2nc(C)c3c(C)c(CCC(=O)NCc4cccs4)c(C)nc32)cc1C. The summed E-state index contributed by atoms with van der Waals surface area (Å²) >= 11 is 1.66. The van der Waals surface area contributed by atoms with Crippen molar-refractivity contribution in [3.05, 3.63) is 74.2 Å². The number of fused-ring (bicyclic) bond motifs is 1. The summed E-state index contributed by atoms with van der Waals surface area (Å²) in [5.74, 6) is 0.0647. The molecule has 5 nitrogen and oxygen atoms in total. The molecular formula is C25H28N4OS. The molecule has 4 rings (SSSR count). The minimum atomic E-state index is 0.0647. The second kappa shape index (κ2) is 8.63. The minimum Gasteiger partial charge on any atom is -0.351 e. The summed E-state index contributed by atoms with van der Waals surface area (Å²) in [5, 5.41) is 10.9. The van der Waals surface area contributed by atoms with E-state index in [1.54, 1.807) is 11.3 Å². The molecule has 0 saturated heterocycles. The normalized spacial score (nSPS) is 11.3. The Morgan fingerprint density at radius 3 is 2.58 bits per heavy atom. The average molecular weight is 433 g/mol. The van der Waals surface area contributed by atoms with Crippen LogP contribution >= 0.6 is 11.3 Å². The molecule has 4 aromatic rings. The Bertz CT molecular complexity index is 1250. The number of nitrogens with zero attached hydrogens (tertiary/aromatic N) is 3. The molecular weight excluding hydrogens is 404 g/mol. The van der Waals surface area contributed by atoms with Gasteiger partial charge in [-0.2, -0.15) is 5.10 Å². The zero-order valence-corrected chi connectivity index (χ0v) is 19.6. The Balaban J connectivity index is 1.60. The highest BCUT2D eigenvalue weighted by Crippen LogP contribution is 2.28. The molecule has 0 aliphatic rings. The topological polar surface area (TPSA) is 59.8 Å². The van der Waals surface area contributed by atoms with Crippen molar-refractivity contribution in [2.45, 2.75) is 54.0 Å². The van der Waals surface area contributed by atoms with E-state index >= 15 is 0 Å². The van der Waals surface area contributed by atoms with Crippen LogP contribution in [-0.4, -0.2) is 20.7 Å². The van der Waals surface area contributed by atoms with Gasteiger partial charge in [0.1, 0.15) is 0 Å². The highest BCUT2D eigenvalue weighted by molar-refractivity contribution is 7.09. The number of thiophene rings is 1. The van der Waals surface area contributed by atoms with E-state index in [0.717, 1.165) is 38.5 Å². The van der Waals surface area contributed by atoms with Gasteiger partial charge in [0.15, 0.2) is 5.65 Å². The van der Waals surface area contributed by atoms with Crippen molar-refractivity contribution < 1.29 is 4.79 Å². The van der Waals surface area contributed by atoms with Crippen molar-refractivity contribution in [2.24, 2.45) is 0 Å². The lowest BCUT2D eigenvalue weighted by atomic mass is 9.99. The molecule has 3 heterocycles. The van der Waals surface area contributed by atoms with Gasteiger partial charge >= 0.3 is 0 Å². The summed E-state index contributed by atoms with van der Waals surface area (Å²) in [6, 6.07) is 10.4. The van der Waals surface area contributed by atoms with Crippen LogP contribution in [-0.2, 0) is 17.8 Å². The first-order chi connectivity index (χ1) is 14.8. The maximum Gasteiger partial charge on any atom is 0.220 e. The molecule has 1 amide bonds. The number of rotatable bonds is 6. The molecule has 0 saturated carbocycles. The van der Waals surface area contributed by atoms with Crippen LogP contribution < -0.4 is 5.32 Å². The number of benzene rings is 1. The third-order valence-corrected chi connectivity index (χ3v) is 6.83. The van der Waals surface area contributed by atoms with Gasteiger partial charge in [-0.1, -0.05) is 12.1 Å². The number of carbonyl (C=O) groups is 1. The van der Waals surface area contributed by atoms with E-state index in [1.165, 1.54) is 16.7 Å². The van der Waals surface area contributed by atoms with E-state index in [2.05, 4.69) is 44.3 Å². The largest absolute Gasteiger partial charge is 0.351 e. The second-order valence-corrected chi connectivity index (χ2v) is 9.15. The van der Waals surface area contributed by atoms with Gasteiger partial charge in [-0.3, -0.25) is 4.79 Å². The monoisotopic (exact) mass is 432 g/mol. The van der Waals surface area contributed by atoms with Crippen LogP contribution in [0.1, 0.15) is 44.9 Å². The fourth-order valence-corrected chi connectivity index (χ4v) is 4.68. The summed E-state index contributed by atoms with van der Waals surface area (Å²) in [5.41, 5.74) is 8.62. The smallest absolute Gasteiger partial charge is 0.220 e. The van der Waals surface area contributed by atoms with Gasteiger partial charge < -0.3 is 5.32 Å². The van der Waals surface area contributed by atoms with Gasteiger partial charge in [-0.05, 0) is 86.9 Å². The third kappa shape index (κ3) is 4.26. The van der Waals surface area contributed by atoms with Gasteiger partial charge in [0.2, 0.25) is 5.91 Å². The molecule has 0 spiro atoms. The molecule has 160 valence electrons. The molecule has 0 bridgehead atoms. The summed E-state index contributed by atoms with van der Waals surface area (Å²) in [6.45, 7) is 11.0. The minimum absolute atomic E-state index is 0.0647. The van der Waals surface area contributed by atoms with Gasteiger partial charge in [-0.25, -0.2) is 9.67 Å². The first-order valence-electron chi connectivity index (χ1n) is 10.6. The predicted molar refractivity (Wildman–Crippen MR) is 127 cm³/mol. The van der Waals surface area contributed by atoms with E-state index in [9.17, 15) is 4.79 Å². The summed E-state index contributed by atoms with van der Waals surface area (Å²) in [6.07, 6.45) is 1.12. The number of hydrogen-bond acceptors (Lipinski definition) is 4. The number of amides is 1. The lowest BCUT2D eigenvalue weighted by molar-refractivity contribution is -0.121. The van der Waals surface area contributed by atoms with Crippen molar-refractivity contribution in [3.63, 3.8) is 0 Å². The average Bonchev–Trinajstić information content (AvgIpc) is 3.36. The lowest BCUT2D eigenvalue weighted by Crippen LogP contribution is -2.22. The molecule has 0 aliphatic heterocycles. The lowest BCUT2D eigenvalue weighted by Gasteiger charge is -2.12. The standard InChI is InChI=1S/C25H28N4OS/c1-15-8-9-20(13-16(15)2)29-25-24(19(5)28-29)17(3)22(18(4)27-25)10-11-23(30)26-14-21-7-6-12-31-21/h6-9,12-13H,10-11,14H2,1-5H3,(H,26,30). The molecule has 0 radical (unpaired) electrons. The third-order valence-electron chi connectivity index (χ3n) is 5.95. The van der Waals surface area contributed by atoms with E-state index in [-0.39, 0.29) is 5.91 Å². The van der Waals surface area contributed by atoms with Crippen LogP contribution in [0.4, 0.5) is 0 Å². The maximum absolute atomic E-state index is 12.4. The van der Waals surface area contributed by atoms with E-state index in [4.69, 9.17) is 10.1 Å². The van der Waals surface area contributed by atoms with Gasteiger partial charge in [0.05, 0.1) is 17.9 Å². The van der Waals surface area contributed by atoms with E-state index in [1.807, 2.05) is 36.0 Å². The van der Waals surface area contributed by atoms with Crippen LogP contribution in [0.3, 0.4) is 0 Å². The zero-order chi connectivity index (χ0) is 22.1. The Morgan fingerprint density at radius 1 is 1.06 bits per heavy atom. The fraction of sp³-hybridized carbons (Fsp3) is 0.320. The second-order valence-electron chi connectivity index (χ2n) is 8.12. The maximum atomic E-state index is 12.4. The van der Waals surface area contributed by atoms with Crippen molar-refractivity contribution in [3.8, 4) is 5.69 Å². The molecule has 31 heavy (non-hydrogen) atoms. The number of pyridine rings is 1. The first-order valence-corrected chi connectivity index (χ1v) is 11.4. The number of aryl methyl sites for hydroxylation is 5. The van der Waals surface area contributed by atoms with Crippen LogP contribution in [0.25, 0.3) is 16.7 Å². The van der Waals surface area contributed by atoms with Gasteiger partial charge in [-0.15, -0.1) is 11.3 Å². The van der Waals surface area contributed by atoms with Gasteiger partial charge in [0, 0.05) is 22.4 Å². The molecule has 0 fully saturated rings. The fourth-order valence-electron chi connectivity index (χ4n) is 4.04. The highest BCUT2D eigenvalue weighted by Gasteiger charge is 2.18. The Kier molecular flexibility index (Phi) is 5.92. The summed E-state index contributed by atoms with van der Waals surface area (Å²) in [4.78, 5) is 18.5. The molecule has 0 unspecified atom stereocenters. The number of aromatic nitrogens is 3. The Morgan fingerprint density at radius 2 is 1.87 bits per heavy atom. The van der Waals surface area contributed by atoms with Crippen molar-refractivity contribution >= 4 is 28.3 Å². The number of nitrogens with one attached hydrogen (secondary N) is 1. The van der Waals surface area contributed by atoms with Crippen molar-refractivity contribution in [2.75, 3.05) is 0 Å². The van der Waals surface area contributed by atoms with Crippen LogP contribution in [0, 0.1) is 34.6 Å². The summed E-state index contributed by atoms with van der Waals surface area (Å²) in [7, 11) is 0.